The number of hydrogen-bond donors (Lipinski definition) is 1. The van der Waals surface area contributed by atoms with Crippen molar-refractivity contribution in [1.82, 2.24) is 5.32 Å². The van der Waals surface area contributed by atoms with Gasteiger partial charge in [-0.15, -0.1) is 0 Å². The summed E-state index contributed by atoms with van der Waals surface area (Å²) in [6.07, 6.45) is 0.842. The van der Waals surface area contributed by atoms with Crippen LogP contribution in [0.25, 0.3) is 0 Å². The van der Waals surface area contributed by atoms with E-state index >= 15 is 0 Å². The molecule has 3 rings (SSSR count). The lowest BCUT2D eigenvalue weighted by atomic mass is 10.1. The molecule has 24 heavy (non-hydrogen) atoms. The molecule has 0 bridgehead atoms. The Labute approximate surface area is 141 Å². The van der Waals surface area contributed by atoms with E-state index < -0.39 is 0 Å². The summed E-state index contributed by atoms with van der Waals surface area (Å²) in [6, 6.07) is 14.8. The van der Waals surface area contributed by atoms with Crippen LogP contribution < -0.4 is 15.0 Å². The molecule has 5 heteroatoms. The first-order chi connectivity index (χ1) is 11.6. The third kappa shape index (κ3) is 3.11. The highest BCUT2D eigenvalue weighted by Crippen LogP contribution is 2.31. The van der Waals surface area contributed by atoms with Gasteiger partial charge in [0.15, 0.2) is 0 Å². The molecule has 0 saturated carbocycles. The second-order valence-corrected chi connectivity index (χ2v) is 5.86. The average molecular weight is 324 g/mol. The smallest absolute Gasteiger partial charge is 0.251 e. The topological polar surface area (TPSA) is 58.6 Å². The molecule has 2 amide bonds. The standard InChI is InChI=1S/C19H20N2O3/c1-13-11-15-5-3-4-6-17(15)21(13)18(22)12-20-19(23)14-7-9-16(24-2)10-8-14/h3-10,13H,11-12H2,1-2H3,(H,20,23). The van der Waals surface area contributed by atoms with Gasteiger partial charge in [-0.3, -0.25) is 9.59 Å². The number of ether oxygens (including phenoxy) is 1. The fraction of sp³-hybridized carbons (Fsp3) is 0.263. The maximum absolute atomic E-state index is 12.5. The SMILES string of the molecule is COc1ccc(C(=O)NCC(=O)N2c3ccccc3CC2C)cc1. The van der Waals surface area contributed by atoms with Crippen LogP contribution in [0.15, 0.2) is 48.5 Å². The molecule has 1 atom stereocenters. The molecule has 5 nitrogen and oxygen atoms in total. The average Bonchev–Trinajstić information content (AvgIpc) is 2.95. The first kappa shape index (κ1) is 16.1. The largest absolute Gasteiger partial charge is 0.497 e. The van der Waals surface area contributed by atoms with Gasteiger partial charge in [-0.05, 0) is 49.2 Å². The summed E-state index contributed by atoms with van der Waals surface area (Å²) in [5.74, 6) is 0.311. The van der Waals surface area contributed by atoms with Crippen molar-refractivity contribution in [2.24, 2.45) is 0 Å². The second kappa shape index (κ2) is 6.74. The van der Waals surface area contributed by atoms with E-state index in [0.29, 0.717) is 11.3 Å². The monoisotopic (exact) mass is 324 g/mol. The Morgan fingerprint density at radius 3 is 2.58 bits per heavy atom. The molecule has 1 aliphatic heterocycles. The molecule has 0 aromatic heterocycles. The highest BCUT2D eigenvalue weighted by Gasteiger charge is 2.30. The first-order valence-electron chi connectivity index (χ1n) is 7.92. The van der Waals surface area contributed by atoms with E-state index in [2.05, 4.69) is 5.32 Å². The Kier molecular flexibility index (Phi) is 4.51. The number of amides is 2. The second-order valence-electron chi connectivity index (χ2n) is 5.86. The van der Waals surface area contributed by atoms with Crippen molar-refractivity contribution in [3.05, 3.63) is 59.7 Å². The number of methoxy groups -OCH3 is 1. The van der Waals surface area contributed by atoms with Gasteiger partial charge in [0.2, 0.25) is 5.91 Å². The Bertz CT molecular complexity index is 755. The third-order valence-electron chi connectivity index (χ3n) is 4.23. The van der Waals surface area contributed by atoms with Crippen molar-refractivity contribution in [2.45, 2.75) is 19.4 Å². The summed E-state index contributed by atoms with van der Waals surface area (Å²) in [5.41, 5.74) is 2.60. The highest BCUT2D eigenvalue weighted by atomic mass is 16.5. The van der Waals surface area contributed by atoms with Crippen molar-refractivity contribution >= 4 is 17.5 Å². The van der Waals surface area contributed by atoms with E-state index in [4.69, 9.17) is 4.74 Å². The normalized spacial score (nSPS) is 15.8. The van der Waals surface area contributed by atoms with Crippen molar-refractivity contribution in [3.63, 3.8) is 0 Å². The zero-order valence-electron chi connectivity index (χ0n) is 13.8. The van der Waals surface area contributed by atoms with E-state index in [1.807, 2.05) is 31.2 Å². The summed E-state index contributed by atoms with van der Waals surface area (Å²) in [4.78, 5) is 26.5. The lowest BCUT2D eigenvalue weighted by molar-refractivity contribution is -0.118. The van der Waals surface area contributed by atoms with Crippen LogP contribution in [0.4, 0.5) is 5.69 Å². The minimum atomic E-state index is -0.272. The number of carbonyl (C=O) groups excluding carboxylic acids is 2. The van der Waals surface area contributed by atoms with Gasteiger partial charge >= 0.3 is 0 Å². The van der Waals surface area contributed by atoms with Crippen LogP contribution in [0.2, 0.25) is 0 Å². The Hall–Kier alpha value is -2.82. The zero-order chi connectivity index (χ0) is 17.1. The quantitative estimate of drug-likeness (QED) is 0.939. The Balaban J connectivity index is 1.64. The van der Waals surface area contributed by atoms with Crippen LogP contribution in [-0.4, -0.2) is 31.5 Å². The number of hydrogen-bond acceptors (Lipinski definition) is 3. The van der Waals surface area contributed by atoms with E-state index in [1.54, 1.807) is 36.3 Å². The van der Waals surface area contributed by atoms with Gasteiger partial charge in [-0.25, -0.2) is 0 Å². The van der Waals surface area contributed by atoms with Gasteiger partial charge in [-0.1, -0.05) is 18.2 Å². The molecule has 1 heterocycles. The Morgan fingerprint density at radius 1 is 1.17 bits per heavy atom. The molecular formula is C19H20N2O3. The van der Waals surface area contributed by atoms with Crippen LogP contribution >= 0.6 is 0 Å². The molecule has 0 saturated heterocycles. The molecule has 1 N–H and O–H groups in total. The summed E-state index contributed by atoms with van der Waals surface area (Å²) in [5, 5.41) is 2.69. The predicted molar refractivity (Wildman–Crippen MR) is 92.4 cm³/mol. The molecule has 0 radical (unpaired) electrons. The minimum Gasteiger partial charge on any atom is -0.497 e. The van der Waals surface area contributed by atoms with E-state index in [1.165, 1.54) is 5.56 Å². The third-order valence-corrected chi connectivity index (χ3v) is 4.23. The summed E-state index contributed by atoms with van der Waals surface area (Å²) in [7, 11) is 1.57. The van der Waals surface area contributed by atoms with Crippen LogP contribution in [0.5, 0.6) is 5.75 Å². The zero-order valence-corrected chi connectivity index (χ0v) is 13.8. The van der Waals surface area contributed by atoms with E-state index in [9.17, 15) is 9.59 Å². The predicted octanol–water partition coefficient (Wildman–Crippen LogP) is 2.40. The molecule has 0 aliphatic carbocycles. The number of nitrogens with zero attached hydrogens (tertiary/aromatic N) is 1. The molecule has 0 spiro atoms. The molecular weight excluding hydrogens is 304 g/mol. The van der Waals surface area contributed by atoms with Crippen LogP contribution in [0.1, 0.15) is 22.8 Å². The number of anilines is 1. The number of rotatable bonds is 4. The van der Waals surface area contributed by atoms with Crippen LogP contribution in [-0.2, 0) is 11.2 Å². The molecule has 2 aromatic carbocycles. The van der Waals surface area contributed by atoms with Crippen molar-refractivity contribution < 1.29 is 14.3 Å². The minimum absolute atomic E-state index is 0.0243. The molecule has 1 unspecified atom stereocenters. The van der Waals surface area contributed by atoms with E-state index in [-0.39, 0.29) is 24.4 Å². The molecule has 2 aromatic rings. The highest BCUT2D eigenvalue weighted by molar-refractivity contribution is 6.01. The first-order valence-corrected chi connectivity index (χ1v) is 7.92. The number of fused-ring (bicyclic) bond motifs is 1. The number of nitrogens with one attached hydrogen (secondary N) is 1. The van der Waals surface area contributed by atoms with Gasteiger partial charge in [0.05, 0.1) is 13.7 Å². The molecule has 124 valence electrons. The van der Waals surface area contributed by atoms with E-state index in [0.717, 1.165) is 12.1 Å². The van der Waals surface area contributed by atoms with Gasteiger partial charge < -0.3 is 15.0 Å². The maximum Gasteiger partial charge on any atom is 0.251 e. The van der Waals surface area contributed by atoms with Gasteiger partial charge in [0.1, 0.15) is 5.75 Å². The fourth-order valence-electron chi connectivity index (χ4n) is 3.03. The lowest BCUT2D eigenvalue weighted by Gasteiger charge is -2.22. The van der Waals surface area contributed by atoms with Crippen molar-refractivity contribution in [2.75, 3.05) is 18.6 Å². The van der Waals surface area contributed by atoms with Crippen molar-refractivity contribution in [3.8, 4) is 5.75 Å². The van der Waals surface area contributed by atoms with Crippen LogP contribution in [0, 0.1) is 0 Å². The summed E-state index contributed by atoms with van der Waals surface area (Å²) in [6.45, 7) is 1.99. The molecule has 0 fully saturated rings. The Morgan fingerprint density at radius 2 is 1.88 bits per heavy atom. The van der Waals surface area contributed by atoms with Gasteiger partial charge in [0, 0.05) is 17.3 Å². The van der Waals surface area contributed by atoms with Crippen LogP contribution in [0.3, 0.4) is 0 Å². The van der Waals surface area contributed by atoms with Gasteiger partial charge in [-0.2, -0.15) is 0 Å². The number of carbonyl (C=O) groups is 2. The number of para-hydroxylation sites is 1. The summed E-state index contributed by atoms with van der Waals surface area (Å²) < 4.78 is 5.07. The van der Waals surface area contributed by atoms with Gasteiger partial charge in [0.25, 0.3) is 5.91 Å². The number of benzene rings is 2. The van der Waals surface area contributed by atoms with Crippen molar-refractivity contribution in [1.29, 1.82) is 0 Å². The molecule has 1 aliphatic rings. The lowest BCUT2D eigenvalue weighted by Crippen LogP contribution is -2.43. The summed E-state index contributed by atoms with van der Waals surface area (Å²) >= 11 is 0. The maximum atomic E-state index is 12.5. The fourth-order valence-corrected chi connectivity index (χ4v) is 3.03.